The molecule has 1 aromatic heterocycles. The highest BCUT2D eigenvalue weighted by molar-refractivity contribution is 14.1. The number of hydrogen-bond donors (Lipinski definition) is 1. The van der Waals surface area contributed by atoms with Crippen molar-refractivity contribution in [1.29, 1.82) is 0 Å². The molecule has 0 aliphatic carbocycles. The van der Waals surface area contributed by atoms with E-state index in [9.17, 15) is 9.35 Å². The van der Waals surface area contributed by atoms with Gasteiger partial charge >= 0.3 is 0 Å². The van der Waals surface area contributed by atoms with E-state index < -0.39 is 11.4 Å². The Labute approximate surface area is 171 Å². The molecule has 2 aliphatic heterocycles. The number of halogens is 1. The molecule has 2 saturated heterocycles. The lowest BCUT2D eigenvalue weighted by Crippen LogP contribution is -2.55. The van der Waals surface area contributed by atoms with E-state index in [0.717, 1.165) is 25.9 Å². The van der Waals surface area contributed by atoms with E-state index in [0.29, 0.717) is 22.7 Å². The highest BCUT2D eigenvalue weighted by atomic mass is 127. The van der Waals surface area contributed by atoms with Crippen LogP contribution in [0.1, 0.15) is 33.6 Å². The van der Waals surface area contributed by atoms with Crippen molar-refractivity contribution in [3.63, 3.8) is 0 Å². The van der Waals surface area contributed by atoms with Gasteiger partial charge in [-0.2, -0.15) is 0 Å². The van der Waals surface area contributed by atoms with Crippen LogP contribution in [-0.4, -0.2) is 51.2 Å². The van der Waals surface area contributed by atoms with Crippen LogP contribution in [0.5, 0.6) is 0 Å². The molecule has 1 spiro atoms. The number of rotatable bonds is 3. The zero-order valence-electron chi connectivity index (χ0n) is 15.7. The van der Waals surface area contributed by atoms with Crippen LogP contribution in [0, 0.1) is 8.99 Å². The summed E-state index contributed by atoms with van der Waals surface area (Å²) in [7, 11) is 1.77. The molecule has 2 aliphatic rings. The summed E-state index contributed by atoms with van der Waals surface area (Å²) in [5, 5.41) is 0. The molecule has 2 fully saturated rings. The minimum atomic E-state index is -1.11. The lowest BCUT2D eigenvalue weighted by Gasteiger charge is -2.42. The molecule has 146 valence electrons. The second-order valence-electron chi connectivity index (χ2n) is 8.19. The Balaban J connectivity index is 1.71. The number of ether oxygens (including phenoxy) is 1. The first kappa shape index (κ1) is 20.4. The molecular formula is C17H27IN4O3S. The van der Waals surface area contributed by atoms with E-state index in [1.54, 1.807) is 17.8 Å². The Kier molecular flexibility index (Phi) is 5.94. The monoisotopic (exact) mass is 494 g/mol. The molecule has 7 nitrogen and oxygen atoms in total. The summed E-state index contributed by atoms with van der Waals surface area (Å²) >= 11 is 0.904. The van der Waals surface area contributed by atoms with Gasteiger partial charge in [0.1, 0.15) is 4.75 Å². The maximum Gasteiger partial charge on any atom is 0.268 e. The van der Waals surface area contributed by atoms with Crippen molar-refractivity contribution in [2.45, 2.75) is 44.4 Å². The molecular weight excluding hydrogens is 467 g/mol. The molecule has 0 bridgehead atoms. The number of hydrogen-bond acceptors (Lipinski definition) is 6. The Hall–Kier alpha value is -0.360. The van der Waals surface area contributed by atoms with Crippen LogP contribution in [0.25, 0.3) is 0 Å². The maximum atomic E-state index is 12.5. The SMILES string of the molecule is Cn1c(N2CCC3(CC2)COCC3N[S@+]([O-])C(C)(C)C)ncc(I)c1=O. The number of aromatic nitrogens is 2. The predicted octanol–water partition coefficient (Wildman–Crippen LogP) is 1.42. The largest absolute Gasteiger partial charge is 0.598 e. The van der Waals surface area contributed by atoms with Crippen molar-refractivity contribution in [3.05, 3.63) is 20.1 Å². The van der Waals surface area contributed by atoms with Crippen LogP contribution < -0.4 is 15.2 Å². The van der Waals surface area contributed by atoms with Gasteiger partial charge in [-0.3, -0.25) is 9.36 Å². The molecule has 0 aromatic carbocycles. The number of piperidine rings is 1. The third kappa shape index (κ3) is 3.91. The molecule has 9 heteroatoms. The maximum absolute atomic E-state index is 12.5. The first-order chi connectivity index (χ1) is 12.1. The van der Waals surface area contributed by atoms with Gasteiger partial charge in [0, 0.05) is 43.1 Å². The predicted molar refractivity (Wildman–Crippen MR) is 112 cm³/mol. The molecule has 1 N–H and O–H groups in total. The van der Waals surface area contributed by atoms with Crippen molar-refractivity contribution in [2.75, 3.05) is 31.2 Å². The summed E-state index contributed by atoms with van der Waals surface area (Å²) in [5.74, 6) is 0.715. The normalized spacial score (nSPS) is 24.2. The fraction of sp³-hybridized carbons (Fsp3) is 0.765. The molecule has 26 heavy (non-hydrogen) atoms. The fourth-order valence-corrected chi connectivity index (χ4v) is 5.00. The zero-order chi connectivity index (χ0) is 19.1. The average molecular weight is 494 g/mol. The third-order valence-corrected chi connectivity index (χ3v) is 7.71. The lowest BCUT2D eigenvalue weighted by molar-refractivity contribution is 0.130. The van der Waals surface area contributed by atoms with Gasteiger partial charge in [0.25, 0.3) is 5.56 Å². The standard InChI is InChI=1S/C17H27IN4O3S/c1-16(2,3)26(24)20-13-10-25-11-17(13)5-7-22(8-6-17)15-19-9-12(18)14(23)21(15)4/h9,13,20H,5-8,10-11H2,1-4H3/t13?,26-/m1/s1. The van der Waals surface area contributed by atoms with E-state index in [1.807, 2.05) is 43.4 Å². The Morgan fingerprint density at radius 3 is 2.69 bits per heavy atom. The minimum Gasteiger partial charge on any atom is -0.598 e. The number of nitrogens with zero attached hydrogens (tertiary/aromatic N) is 3. The first-order valence-corrected chi connectivity index (χ1v) is 11.1. The van der Waals surface area contributed by atoms with Crippen molar-refractivity contribution >= 4 is 39.9 Å². The topological polar surface area (TPSA) is 82.4 Å². The van der Waals surface area contributed by atoms with E-state index in [2.05, 4.69) is 14.6 Å². The number of anilines is 1. The van der Waals surface area contributed by atoms with Crippen LogP contribution >= 0.6 is 22.6 Å². The van der Waals surface area contributed by atoms with Crippen molar-refractivity contribution in [3.8, 4) is 0 Å². The highest BCUT2D eigenvalue weighted by Gasteiger charge is 2.49. The van der Waals surface area contributed by atoms with E-state index in [4.69, 9.17) is 4.74 Å². The van der Waals surface area contributed by atoms with Gasteiger partial charge in [-0.15, -0.1) is 4.72 Å². The molecule has 3 rings (SSSR count). The van der Waals surface area contributed by atoms with Gasteiger partial charge in [-0.1, -0.05) is 0 Å². The Bertz CT molecular complexity index is 713. The summed E-state index contributed by atoms with van der Waals surface area (Å²) in [6.07, 6.45) is 3.49. The van der Waals surface area contributed by atoms with Gasteiger partial charge in [0.15, 0.2) is 0 Å². The van der Waals surface area contributed by atoms with E-state index in [-0.39, 0.29) is 21.8 Å². The van der Waals surface area contributed by atoms with Gasteiger partial charge in [-0.25, -0.2) is 4.98 Å². The number of nitrogens with one attached hydrogen (secondary N) is 1. The minimum absolute atomic E-state index is 0.000516. The lowest BCUT2D eigenvalue weighted by atomic mass is 9.75. The average Bonchev–Trinajstić information content (AvgIpc) is 2.95. The molecule has 0 amide bonds. The molecule has 1 unspecified atom stereocenters. The van der Waals surface area contributed by atoms with Crippen LogP contribution in [-0.2, 0) is 23.1 Å². The van der Waals surface area contributed by atoms with Gasteiger partial charge in [-0.05, 0) is 56.2 Å². The van der Waals surface area contributed by atoms with Gasteiger partial charge in [0.05, 0.1) is 22.8 Å². The summed E-state index contributed by atoms with van der Waals surface area (Å²) in [4.78, 5) is 18.8. The summed E-state index contributed by atoms with van der Waals surface area (Å²) < 4.78 is 23.6. The van der Waals surface area contributed by atoms with Gasteiger partial charge < -0.3 is 14.2 Å². The van der Waals surface area contributed by atoms with Crippen molar-refractivity contribution < 1.29 is 9.29 Å². The fourth-order valence-electron chi connectivity index (χ4n) is 3.57. The quantitative estimate of drug-likeness (QED) is 0.506. The highest BCUT2D eigenvalue weighted by Crippen LogP contribution is 2.40. The summed E-state index contributed by atoms with van der Waals surface area (Å²) in [6.45, 7) is 8.84. The zero-order valence-corrected chi connectivity index (χ0v) is 18.7. The van der Waals surface area contributed by atoms with E-state index in [1.165, 1.54) is 0 Å². The molecule has 0 radical (unpaired) electrons. The molecule has 0 saturated carbocycles. The van der Waals surface area contributed by atoms with Gasteiger partial charge in [0.2, 0.25) is 5.95 Å². The molecule has 1 aromatic rings. The molecule has 3 heterocycles. The van der Waals surface area contributed by atoms with Crippen molar-refractivity contribution in [2.24, 2.45) is 12.5 Å². The van der Waals surface area contributed by atoms with Crippen molar-refractivity contribution in [1.82, 2.24) is 14.3 Å². The van der Waals surface area contributed by atoms with Crippen LogP contribution in [0.2, 0.25) is 0 Å². The van der Waals surface area contributed by atoms with Crippen LogP contribution in [0.3, 0.4) is 0 Å². The summed E-state index contributed by atoms with van der Waals surface area (Å²) in [6, 6.07) is 0.0956. The second kappa shape index (κ2) is 7.57. The van der Waals surface area contributed by atoms with Crippen LogP contribution in [0.15, 0.2) is 11.0 Å². The second-order valence-corrected chi connectivity index (χ2v) is 11.3. The first-order valence-electron chi connectivity index (χ1n) is 8.86. The van der Waals surface area contributed by atoms with Crippen LogP contribution in [0.4, 0.5) is 5.95 Å². The smallest absolute Gasteiger partial charge is 0.268 e. The Morgan fingerprint density at radius 2 is 2.08 bits per heavy atom. The third-order valence-electron chi connectivity index (χ3n) is 5.36. The summed E-state index contributed by atoms with van der Waals surface area (Å²) in [5.41, 5.74) is -0.0142. The Morgan fingerprint density at radius 1 is 1.42 bits per heavy atom. The van der Waals surface area contributed by atoms with E-state index >= 15 is 0 Å². The molecule has 2 atom stereocenters.